The lowest BCUT2D eigenvalue weighted by Crippen LogP contribution is -2.19. The number of thiophene rings is 1. The van der Waals surface area contributed by atoms with Crippen LogP contribution in [-0.4, -0.2) is 15.4 Å². The molecule has 8 heteroatoms. The Morgan fingerprint density at radius 3 is 2.12 bits per heavy atom. The van der Waals surface area contributed by atoms with Gasteiger partial charge in [0.15, 0.2) is 0 Å². The Morgan fingerprint density at radius 2 is 1.44 bits per heavy atom. The maximum Gasteiger partial charge on any atom is 0.104 e. The maximum atomic E-state index is 12.1. The zero-order valence-electron chi connectivity index (χ0n) is 45.9. The van der Waals surface area contributed by atoms with Gasteiger partial charge in [0, 0.05) is 42.2 Å². The molecule has 0 saturated heterocycles. The van der Waals surface area contributed by atoms with Gasteiger partial charge in [-0.25, -0.2) is 0 Å². The van der Waals surface area contributed by atoms with Crippen LogP contribution in [0.25, 0.3) is 74.7 Å². The molecule has 77 heavy (non-hydrogen) atoms. The smallest absolute Gasteiger partial charge is 0.104 e. The van der Waals surface area contributed by atoms with E-state index < -0.39 is 0 Å². The third-order valence-electron chi connectivity index (χ3n) is 16.7. The number of nitrogens with two attached hydrogens (primary N) is 1. The number of rotatable bonds is 18. The summed E-state index contributed by atoms with van der Waals surface area (Å²) in [4.78, 5) is 0.838. The Morgan fingerprint density at radius 1 is 0.753 bits per heavy atom. The second kappa shape index (κ2) is 21.3. The first-order chi connectivity index (χ1) is 37.1. The molecule has 1 aliphatic carbocycles. The predicted octanol–water partition coefficient (Wildman–Crippen LogP) is 19.0. The normalized spacial score (nSPS) is 14.6. The molecular weight excluding hydrogens is 977 g/mol. The molecule has 386 valence electrons. The Bertz CT molecular complexity index is 4060. The van der Waals surface area contributed by atoms with Crippen molar-refractivity contribution in [2.45, 2.75) is 74.1 Å². The number of allylic oxidation sites excluding steroid dienone is 7. The van der Waals surface area contributed by atoms with Gasteiger partial charge in [0.25, 0.3) is 0 Å². The van der Waals surface area contributed by atoms with Gasteiger partial charge in [-0.15, -0.1) is 29.7 Å². The number of fused-ring (bicyclic) bond motifs is 8. The van der Waals surface area contributed by atoms with Crippen molar-refractivity contribution >= 4 is 97.8 Å². The van der Waals surface area contributed by atoms with Crippen molar-refractivity contribution in [2.75, 3.05) is 17.3 Å². The van der Waals surface area contributed by atoms with Gasteiger partial charge in [-0.3, -0.25) is 0 Å². The number of hydrogen-bond acceptors (Lipinski definition) is 6. The van der Waals surface area contributed by atoms with E-state index in [1.807, 2.05) is 12.2 Å². The first-order valence-electron chi connectivity index (χ1n) is 26.9. The largest absolute Gasteiger partial charge is 0.396 e. The quantitative estimate of drug-likeness (QED) is 0.0507. The molecule has 0 spiro atoms. The Labute approximate surface area is 462 Å². The number of benzene rings is 6. The van der Waals surface area contributed by atoms with Crippen LogP contribution in [-0.2, 0) is 6.42 Å². The van der Waals surface area contributed by atoms with Crippen molar-refractivity contribution < 1.29 is 0 Å². The summed E-state index contributed by atoms with van der Waals surface area (Å²) in [5, 5.41) is 33.3. The highest BCUT2D eigenvalue weighted by atomic mass is 32.2. The standard InChI is InChI=1S/C69H68N6S2/c1-13-21-40(4)44(8)42(6)36-55-62-52(50-33-32-49(50)46(10)45(9)48-23-15-14-16-24-48)26-20-28-59(62)74(65(55)47(11)76-12)67-56(37-70)63(72)66(57(38-71)64(67)73-43(7)31-30-39(2)3)75-58-27-19-22-41(5)61(58)54-35-34-53-51-25-17-18-29-60(51)77-69(53)68(54)75/h13-20,22-35,39-40,42,44-46,73H,1,7,11,21,36,72H2,2-6,8-10,12H3/b31-30-/t40-,42?,44+,45+,46-/m1/s1. The molecule has 5 atom stereocenters. The Hall–Kier alpha value is -7.75. The third kappa shape index (κ3) is 8.92. The lowest BCUT2D eigenvalue weighted by molar-refractivity contribution is 0.279. The number of aromatic nitrogens is 2. The molecule has 1 aliphatic rings. The summed E-state index contributed by atoms with van der Waals surface area (Å²) in [6, 6.07) is 41.9. The number of thioether (sulfide) groups is 1. The van der Waals surface area contributed by atoms with Crippen molar-refractivity contribution in [3.8, 4) is 23.5 Å². The molecular formula is C69H68N6S2. The maximum absolute atomic E-state index is 12.1. The fraction of sp³-hybridized carbons (Fsp3) is 0.246. The van der Waals surface area contributed by atoms with Crippen LogP contribution < -0.4 is 11.1 Å². The van der Waals surface area contributed by atoms with Crippen LogP contribution in [0.5, 0.6) is 0 Å². The minimum absolute atomic E-state index is 0.211. The first-order valence-corrected chi connectivity index (χ1v) is 29.0. The molecule has 0 aliphatic heterocycles. The monoisotopic (exact) mass is 1040 g/mol. The van der Waals surface area contributed by atoms with Crippen LogP contribution in [0.15, 0.2) is 165 Å². The number of nitrogens with zero attached hydrogens (tertiary/aromatic N) is 4. The van der Waals surface area contributed by atoms with Gasteiger partial charge in [-0.05, 0) is 119 Å². The fourth-order valence-electron chi connectivity index (χ4n) is 12.0. The van der Waals surface area contributed by atoms with E-state index in [-0.39, 0.29) is 34.9 Å². The van der Waals surface area contributed by atoms with Crippen LogP contribution in [0, 0.1) is 59.2 Å². The van der Waals surface area contributed by atoms with Crippen LogP contribution in [0.2, 0.25) is 0 Å². The SMILES string of the molecule is C=CC[C@@H](C)[C@H](C)C(C)Cc1c(C(=C)SC)n(-c2c(C#N)c(N)c(-n3c4cccc(C)c4c4ccc5c6ccccc6sc5c43)c(C#N)c2NC(=C)/C=C\C(C)C)c2cccc(C3=C([C@H](C)[C@H](C)c4ccccc4)C=C3)c12. The summed E-state index contributed by atoms with van der Waals surface area (Å²) in [6.45, 7) is 31.6. The molecule has 0 radical (unpaired) electrons. The van der Waals surface area contributed by atoms with Crippen molar-refractivity contribution in [1.29, 1.82) is 10.5 Å². The topological polar surface area (TPSA) is 95.5 Å². The van der Waals surface area contributed by atoms with E-state index in [1.54, 1.807) is 23.1 Å². The van der Waals surface area contributed by atoms with Gasteiger partial charge in [-0.1, -0.05) is 171 Å². The minimum atomic E-state index is 0.211. The molecule has 3 aromatic heterocycles. The number of nitrogen functional groups attached to an aromatic ring is 1. The summed E-state index contributed by atoms with van der Waals surface area (Å²) in [5.74, 6) is 1.73. The molecule has 0 saturated carbocycles. The molecule has 6 nitrogen and oxygen atoms in total. The molecule has 1 unspecified atom stereocenters. The third-order valence-corrected chi connectivity index (χ3v) is 18.6. The van der Waals surface area contributed by atoms with E-state index in [9.17, 15) is 10.5 Å². The predicted molar refractivity (Wildman–Crippen MR) is 334 cm³/mol. The van der Waals surface area contributed by atoms with E-state index in [0.29, 0.717) is 40.2 Å². The molecule has 9 aromatic rings. The first kappa shape index (κ1) is 52.7. The number of hydrogen-bond donors (Lipinski definition) is 2. The number of nitrogens with one attached hydrogen (secondary N) is 1. The van der Waals surface area contributed by atoms with Gasteiger partial charge in [0.05, 0.1) is 49.7 Å². The molecule has 3 N–H and O–H groups in total. The summed E-state index contributed by atoms with van der Waals surface area (Å²) in [7, 11) is 0. The van der Waals surface area contributed by atoms with Crippen molar-refractivity contribution in [3.05, 3.63) is 204 Å². The molecule has 3 heterocycles. The van der Waals surface area contributed by atoms with Gasteiger partial charge in [-0.2, -0.15) is 10.5 Å². The van der Waals surface area contributed by atoms with Crippen molar-refractivity contribution in [1.82, 2.24) is 9.13 Å². The van der Waals surface area contributed by atoms with Crippen molar-refractivity contribution in [3.63, 3.8) is 0 Å². The summed E-state index contributed by atoms with van der Waals surface area (Å²) >= 11 is 3.32. The van der Waals surface area contributed by atoms with Gasteiger partial charge < -0.3 is 20.2 Å². The van der Waals surface area contributed by atoms with Crippen molar-refractivity contribution in [2.24, 2.45) is 29.6 Å². The average molecular weight is 1050 g/mol. The Kier molecular flexibility index (Phi) is 14.6. The Balaban J connectivity index is 1.35. The van der Waals surface area contributed by atoms with Crippen LogP contribution in [0.4, 0.5) is 11.4 Å². The van der Waals surface area contributed by atoms with E-state index >= 15 is 0 Å². The molecule has 0 bridgehead atoms. The summed E-state index contributed by atoms with van der Waals surface area (Å²) in [6.07, 6.45) is 14.3. The zero-order valence-corrected chi connectivity index (χ0v) is 47.5. The van der Waals surface area contributed by atoms with Gasteiger partial charge in [0.1, 0.15) is 23.3 Å². The number of anilines is 2. The number of aryl methyl sites for hydroxylation is 1. The van der Waals surface area contributed by atoms with Crippen LogP contribution >= 0.6 is 23.1 Å². The van der Waals surface area contributed by atoms with E-state index in [1.165, 1.54) is 16.7 Å². The molecule has 10 rings (SSSR count). The summed E-state index contributed by atoms with van der Waals surface area (Å²) < 4.78 is 6.61. The number of nitriles is 2. The molecule has 0 amide bonds. The lowest BCUT2D eigenvalue weighted by Gasteiger charge is -2.29. The average Bonchev–Trinajstić information content (AvgIpc) is 4.21. The lowest BCUT2D eigenvalue weighted by atomic mass is 9.75. The summed E-state index contributed by atoms with van der Waals surface area (Å²) in [5.41, 5.74) is 21.3. The molecule has 0 fully saturated rings. The second-order valence-electron chi connectivity index (χ2n) is 21.7. The van der Waals surface area contributed by atoms with Gasteiger partial charge >= 0.3 is 0 Å². The van der Waals surface area contributed by atoms with E-state index in [2.05, 4.69) is 223 Å². The van der Waals surface area contributed by atoms with Gasteiger partial charge in [0.2, 0.25) is 0 Å². The van der Waals surface area contributed by atoms with Crippen LogP contribution in [0.1, 0.15) is 99.9 Å². The van der Waals surface area contributed by atoms with Crippen LogP contribution in [0.3, 0.4) is 0 Å². The van der Waals surface area contributed by atoms with E-state index in [0.717, 1.165) is 93.0 Å². The zero-order chi connectivity index (χ0) is 54.6. The molecule has 6 aromatic carbocycles. The second-order valence-corrected chi connectivity index (χ2v) is 23.6. The van der Waals surface area contributed by atoms with E-state index in [4.69, 9.17) is 12.3 Å². The minimum Gasteiger partial charge on any atom is -0.396 e. The highest BCUT2D eigenvalue weighted by Gasteiger charge is 2.35. The fourth-order valence-corrected chi connectivity index (χ4v) is 13.7. The highest BCUT2D eigenvalue weighted by molar-refractivity contribution is 8.07. The highest BCUT2D eigenvalue weighted by Crippen LogP contribution is 2.52.